The third kappa shape index (κ3) is 3.65. The molecule has 118 valence electrons. The van der Waals surface area contributed by atoms with Gasteiger partial charge in [0, 0.05) is 19.4 Å². The molecule has 2 fully saturated rings. The SMILES string of the molecule is CC(Cc1nc(C2CCCCC2)nn1C)C1CCCNC1. The lowest BCUT2D eigenvalue weighted by Crippen LogP contribution is -2.34. The molecule has 2 atom stereocenters. The number of aromatic nitrogens is 3. The molecule has 2 unspecified atom stereocenters. The summed E-state index contributed by atoms with van der Waals surface area (Å²) in [5.41, 5.74) is 0. The van der Waals surface area contributed by atoms with Gasteiger partial charge in [-0.1, -0.05) is 26.2 Å². The Kier molecular flexibility index (Phi) is 4.94. The maximum absolute atomic E-state index is 4.90. The van der Waals surface area contributed by atoms with E-state index in [0.29, 0.717) is 11.8 Å². The van der Waals surface area contributed by atoms with Gasteiger partial charge >= 0.3 is 0 Å². The van der Waals surface area contributed by atoms with E-state index in [-0.39, 0.29) is 0 Å². The van der Waals surface area contributed by atoms with Crippen LogP contribution in [0.2, 0.25) is 0 Å². The molecule has 0 aromatic carbocycles. The number of rotatable bonds is 4. The Bertz CT molecular complexity index is 442. The monoisotopic (exact) mass is 290 g/mol. The Morgan fingerprint density at radius 3 is 2.71 bits per heavy atom. The second kappa shape index (κ2) is 6.91. The van der Waals surface area contributed by atoms with Gasteiger partial charge in [0.25, 0.3) is 0 Å². The molecule has 21 heavy (non-hydrogen) atoms. The fraction of sp³-hybridized carbons (Fsp3) is 0.882. The number of nitrogens with zero attached hydrogens (tertiary/aromatic N) is 3. The van der Waals surface area contributed by atoms with Crippen molar-refractivity contribution >= 4 is 0 Å². The van der Waals surface area contributed by atoms with Gasteiger partial charge in [-0.15, -0.1) is 0 Å². The second-order valence-corrected chi connectivity index (χ2v) is 7.13. The van der Waals surface area contributed by atoms with Gasteiger partial charge in [-0.3, -0.25) is 4.68 Å². The maximum Gasteiger partial charge on any atom is 0.154 e. The van der Waals surface area contributed by atoms with Crippen LogP contribution in [-0.2, 0) is 13.5 Å². The van der Waals surface area contributed by atoms with Crippen molar-refractivity contribution in [3.63, 3.8) is 0 Å². The summed E-state index contributed by atoms with van der Waals surface area (Å²) in [5.74, 6) is 4.41. The standard InChI is InChI=1S/C17H30N4/c1-13(15-9-6-10-18-12-15)11-16-19-17(20-21(16)2)14-7-4-3-5-8-14/h13-15,18H,3-12H2,1-2H3. The molecule has 1 N–H and O–H groups in total. The summed E-state index contributed by atoms with van der Waals surface area (Å²) in [6, 6.07) is 0. The van der Waals surface area contributed by atoms with Crippen LogP contribution >= 0.6 is 0 Å². The summed E-state index contributed by atoms with van der Waals surface area (Å²) < 4.78 is 2.04. The largest absolute Gasteiger partial charge is 0.316 e. The van der Waals surface area contributed by atoms with Crippen molar-refractivity contribution in [1.29, 1.82) is 0 Å². The van der Waals surface area contributed by atoms with Gasteiger partial charge in [0.1, 0.15) is 5.82 Å². The zero-order chi connectivity index (χ0) is 14.7. The van der Waals surface area contributed by atoms with Crippen molar-refractivity contribution in [3.8, 4) is 0 Å². The maximum atomic E-state index is 4.90. The predicted molar refractivity (Wildman–Crippen MR) is 85.3 cm³/mol. The molecule has 0 bridgehead atoms. The molecule has 1 aromatic heterocycles. The quantitative estimate of drug-likeness (QED) is 0.927. The summed E-state index contributed by atoms with van der Waals surface area (Å²) in [6.07, 6.45) is 10.4. The fourth-order valence-electron chi connectivity index (χ4n) is 3.97. The average molecular weight is 290 g/mol. The molecule has 1 aromatic rings. The lowest BCUT2D eigenvalue weighted by atomic mass is 9.85. The number of hydrogen-bond donors (Lipinski definition) is 1. The Hall–Kier alpha value is -0.900. The fourth-order valence-corrected chi connectivity index (χ4v) is 3.97. The van der Waals surface area contributed by atoms with Gasteiger partial charge in [-0.05, 0) is 50.6 Å². The van der Waals surface area contributed by atoms with Crippen molar-refractivity contribution in [3.05, 3.63) is 11.6 Å². The predicted octanol–water partition coefficient (Wildman–Crippen LogP) is 3.04. The summed E-state index contributed by atoms with van der Waals surface area (Å²) in [6.45, 7) is 4.75. The van der Waals surface area contributed by atoms with Crippen LogP contribution in [0, 0.1) is 11.8 Å². The van der Waals surface area contributed by atoms with E-state index in [9.17, 15) is 0 Å². The zero-order valence-corrected chi connectivity index (χ0v) is 13.6. The molecule has 2 aliphatic rings. The first-order valence-electron chi connectivity index (χ1n) is 8.84. The van der Waals surface area contributed by atoms with E-state index in [0.717, 1.165) is 18.2 Å². The van der Waals surface area contributed by atoms with E-state index in [1.807, 2.05) is 4.68 Å². The number of hydrogen-bond acceptors (Lipinski definition) is 3. The number of piperidine rings is 1. The zero-order valence-electron chi connectivity index (χ0n) is 13.6. The highest BCUT2D eigenvalue weighted by molar-refractivity contribution is 5.01. The van der Waals surface area contributed by atoms with Crippen molar-refractivity contribution in [2.24, 2.45) is 18.9 Å². The first-order valence-corrected chi connectivity index (χ1v) is 8.84. The van der Waals surface area contributed by atoms with Crippen LogP contribution < -0.4 is 5.32 Å². The molecular formula is C17H30N4. The summed E-state index contributed by atoms with van der Waals surface area (Å²) in [5, 5.41) is 8.25. The van der Waals surface area contributed by atoms with Crippen LogP contribution in [0.5, 0.6) is 0 Å². The van der Waals surface area contributed by atoms with Gasteiger partial charge in [-0.2, -0.15) is 5.10 Å². The summed E-state index contributed by atoms with van der Waals surface area (Å²) in [7, 11) is 2.07. The van der Waals surface area contributed by atoms with E-state index in [4.69, 9.17) is 10.1 Å². The molecule has 0 amide bonds. The van der Waals surface area contributed by atoms with E-state index in [1.165, 1.54) is 63.9 Å². The van der Waals surface area contributed by atoms with Crippen LogP contribution in [0.15, 0.2) is 0 Å². The van der Waals surface area contributed by atoms with E-state index >= 15 is 0 Å². The first-order chi connectivity index (χ1) is 10.2. The molecule has 4 heteroatoms. The average Bonchev–Trinajstić information content (AvgIpc) is 2.90. The van der Waals surface area contributed by atoms with E-state index in [2.05, 4.69) is 19.3 Å². The van der Waals surface area contributed by atoms with E-state index < -0.39 is 0 Å². The molecule has 4 nitrogen and oxygen atoms in total. The minimum atomic E-state index is 0.616. The third-order valence-electron chi connectivity index (χ3n) is 5.48. The molecule has 3 rings (SSSR count). The molecule has 1 aliphatic carbocycles. The highest BCUT2D eigenvalue weighted by atomic mass is 15.3. The molecule has 1 saturated heterocycles. The summed E-state index contributed by atoms with van der Waals surface area (Å²) >= 11 is 0. The minimum absolute atomic E-state index is 0.616. The van der Waals surface area contributed by atoms with Crippen molar-refractivity contribution < 1.29 is 0 Å². The van der Waals surface area contributed by atoms with Crippen molar-refractivity contribution in [2.45, 2.75) is 64.2 Å². The Morgan fingerprint density at radius 1 is 1.19 bits per heavy atom. The Balaban J connectivity index is 1.63. The van der Waals surface area contributed by atoms with Crippen LogP contribution in [0.25, 0.3) is 0 Å². The van der Waals surface area contributed by atoms with Gasteiger partial charge in [0.2, 0.25) is 0 Å². The van der Waals surface area contributed by atoms with Crippen molar-refractivity contribution in [2.75, 3.05) is 13.1 Å². The van der Waals surface area contributed by atoms with Gasteiger partial charge in [-0.25, -0.2) is 4.98 Å². The van der Waals surface area contributed by atoms with E-state index in [1.54, 1.807) is 0 Å². The smallest absolute Gasteiger partial charge is 0.154 e. The molecule has 0 radical (unpaired) electrons. The van der Waals surface area contributed by atoms with Crippen LogP contribution in [0.1, 0.15) is 69.4 Å². The summed E-state index contributed by atoms with van der Waals surface area (Å²) in [4.78, 5) is 4.90. The molecular weight excluding hydrogens is 260 g/mol. The minimum Gasteiger partial charge on any atom is -0.316 e. The highest BCUT2D eigenvalue weighted by Gasteiger charge is 2.24. The van der Waals surface area contributed by atoms with Crippen LogP contribution in [0.4, 0.5) is 0 Å². The normalized spacial score (nSPS) is 25.9. The van der Waals surface area contributed by atoms with Crippen LogP contribution in [-0.4, -0.2) is 27.9 Å². The topological polar surface area (TPSA) is 42.7 Å². The lowest BCUT2D eigenvalue weighted by Gasteiger charge is -2.28. The molecule has 2 heterocycles. The van der Waals surface area contributed by atoms with Crippen LogP contribution in [0.3, 0.4) is 0 Å². The lowest BCUT2D eigenvalue weighted by molar-refractivity contribution is 0.274. The van der Waals surface area contributed by atoms with Crippen molar-refractivity contribution in [1.82, 2.24) is 20.1 Å². The van der Waals surface area contributed by atoms with Gasteiger partial charge in [0.05, 0.1) is 0 Å². The highest BCUT2D eigenvalue weighted by Crippen LogP contribution is 2.31. The first kappa shape index (κ1) is 15.0. The Labute approximate surface area is 128 Å². The Morgan fingerprint density at radius 2 is 2.00 bits per heavy atom. The number of nitrogens with one attached hydrogen (secondary N) is 1. The molecule has 1 aliphatic heterocycles. The molecule has 0 spiro atoms. The number of aryl methyl sites for hydroxylation is 1. The van der Waals surface area contributed by atoms with Gasteiger partial charge < -0.3 is 5.32 Å². The second-order valence-electron chi connectivity index (χ2n) is 7.13. The van der Waals surface area contributed by atoms with Gasteiger partial charge in [0.15, 0.2) is 5.82 Å². The molecule has 1 saturated carbocycles. The third-order valence-corrected chi connectivity index (χ3v) is 5.48.